The van der Waals surface area contributed by atoms with Gasteiger partial charge in [0.25, 0.3) is 0 Å². The normalized spacial score (nSPS) is 26.6. The average molecular weight is 229 g/mol. The Bertz CT molecular complexity index is 210. The summed E-state index contributed by atoms with van der Waals surface area (Å²) in [4.78, 5) is 2.52. The Morgan fingerprint density at radius 1 is 1.31 bits per heavy atom. The molecule has 0 bridgehead atoms. The van der Waals surface area contributed by atoms with Crippen LogP contribution < -0.4 is 0 Å². The molecule has 3 heteroatoms. The topological polar surface area (TPSA) is 12.5 Å². The predicted molar refractivity (Wildman–Crippen MR) is 63.3 cm³/mol. The van der Waals surface area contributed by atoms with Crippen LogP contribution in [0.15, 0.2) is 0 Å². The maximum absolute atomic E-state index is 12.5. The maximum Gasteiger partial charge on any atom is 0.0923 e. The van der Waals surface area contributed by atoms with Gasteiger partial charge in [0.2, 0.25) is 0 Å². The van der Waals surface area contributed by atoms with Crippen LogP contribution in [0.5, 0.6) is 0 Å². The summed E-state index contributed by atoms with van der Waals surface area (Å²) in [6.45, 7) is 4.10. The number of piperidine rings is 1. The van der Waals surface area contributed by atoms with E-state index in [4.69, 9.17) is 4.74 Å². The monoisotopic (exact) mass is 229 g/mol. The molecule has 0 N–H and O–H groups in total. The van der Waals surface area contributed by atoms with Crippen LogP contribution in [0.3, 0.4) is 0 Å². The predicted octanol–water partition coefficient (Wildman–Crippen LogP) is 2.48. The van der Waals surface area contributed by atoms with Crippen LogP contribution in [0, 0.1) is 11.3 Å². The lowest BCUT2D eigenvalue weighted by molar-refractivity contribution is -0.0191. The van der Waals surface area contributed by atoms with Crippen molar-refractivity contribution >= 4 is 0 Å². The Kier molecular flexibility index (Phi) is 4.20. The highest BCUT2D eigenvalue weighted by molar-refractivity contribution is 4.91. The van der Waals surface area contributed by atoms with Crippen LogP contribution in [0.4, 0.5) is 4.39 Å². The number of methoxy groups -OCH3 is 1. The summed E-state index contributed by atoms with van der Waals surface area (Å²) >= 11 is 0. The molecule has 0 radical (unpaired) electrons. The number of likely N-dealkylation sites (tertiary alicyclic amines) is 1. The molecule has 1 aliphatic carbocycles. The van der Waals surface area contributed by atoms with Crippen molar-refractivity contribution in [3.63, 3.8) is 0 Å². The van der Waals surface area contributed by atoms with Crippen LogP contribution in [0.2, 0.25) is 0 Å². The van der Waals surface area contributed by atoms with Gasteiger partial charge in [0.05, 0.1) is 13.3 Å². The molecule has 2 fully saturated rings. The smallest absolute Gasteiger partial charge is 0.0923 e. The Hall–Kier alpha value is -0.150. The zero-order valence-electron chi connectivity index (χ0n) is 10.4. The van der Waals surface area contributed by atoms with E-state index in [2.05, 4.69) is 4.90 Å². The van der Waals surface area contributed by atoms with E-state index in [9.17, 15) is 4.39 Å². The number of nitrogens with zero attached hydrogens (tertiary/aromatic N) is 1. The summed E-state index contributed by atoms with van der Waals surface area (Å²) in [5.74, 6) is 0.330. The number of rotatable bonds is 5. The van der Waals surface area contributed by atoms with Crippen LogP contribution in [0.1, 0.15) is 32.1 Å². The zero-order valence-corrected chi connectivity index (χ0v) is 10.4. The van der Waals surface area contributed by atoms with Gasteiger partial charge in [-0.1, -0.05) is 6.42 Å². The van der Waals surface area contributed by atoms with Crippen LogP contribution in [-0.2, 0) is 4.74 Å². The van der Waals surface area contributed by atoms with E-state index in [0.717, 1.165) is 32.5 Å². The van der Waals surface area contributed by atoms with Gasteiger partial charge in [-0.05, 0) is 44.7 Å². The van der Waals surface area contributed by atoms with E-state index in [1.165, 1.54) is 25.8 Å². The molecule has 94 valence electrons. The fourth-order valence-corrected chi connectivity index (χ4v) is 3.10. The first-order valence-corrected chi connectivity index (χ1v) is 6.55. The van der Waals surface area contributed by atoms with Gasteiger partial charge in [-0.25, -0.2) is 0 Å². The van der Waals surface area contributed by atoms with Crippen LogP contribution >= 0.6 is 0 Å². The number of alkyl halides is 1. The van der Waals surface area contributed by atoms with Crippen LogP contribution in [-0.4, -0.2) is 44.9 Å². The largest absolute Gasteiger partial charge is 0.384 e. The highest BCUT2D eigenvalue weighted by Gasteiger charge is 2.39. The highest BCUT2D eigenvalue weighted by atomic mass is 19.1. The van der Waals surface area contributed by atoms with Crippen molar-refractivity contribution in [3.8, 4) is 0 Å². The van der Waals surface area contributed by atoms with Gasteiger partial charge in [-0.2, -0.15) is 0 Å². The van der Waals surface area contributed by atoms with Crippen molar-refractivity contribution in [2.45, 2.75) is 32.1 Å². The molecule has 0 aromatic heterocycles. The second-order valence-corrected chi connectivity index (χ2v) is 5.66. The van der Waals surface area contributed by atoms with Crippen molar-refractivity contribution in [1.29, 1.82) is 0 Å². The Labute approximate surface area is 98.1 Å². The van der Waals surface area contributed by atoms with Gasteiger partial charge in [0.15, 0.2) is 0 Å². The summed E-state index contributed by atoms with van der Waals surface area (Å²) in [5.41, 5.74) is 0.428. The fourth-order valence-electron chi connectivity index (χ4n) is 3.10. The molecule has 0 aromatic rings. The van der Waals surface area contributed by atoms with Crippen molar-refractivity contribution in [2.24, 2.45) is 11.3 Å². The molecule has 1 heterocycles. The van der Waals surface area contributed by atoms with Crippen molar-refractivity contribution in [1.82, 2.24) is 4.90 Å². The molecule has 0 aromatic carbocycles. The Balaban J connectivity index is 1.77. The summed E-state index contributed by atoms with van der Waals surface area (Å²) in [6, 6.07) is 0. The summed E-state index contributed by atoms with van der Waals surface area (Å²) in [6.07, 6.45) is 6.05. The third-order valence-corrected chi connectivity index (χ3v) is 4.35. The second-order valence-electron chi connectivity index (χ2n) is 5.66. The summed E-state index contributed by atoms with van der Waals surface area (Å²) in [7, 11) is 1.80. The van der Waals surface area contributed by atoms with Gasteiger partial charge >= 0.3 is 0 Å². The van der Waals surface area contributed by atoms with Crippen molar-refractivity contribution in [3.05, 3.63) is 0 Å². The zero-order chi connectivity index (χ0) is 11.4. The number of ether oxygens (including phenoxy) is 1. The first-order valence-electron chi connectivity index (χ1n) is 6.55. The molecule has 2 nitrogen and oxygen atoms in total. The molecule has 0 unspecified atom stereocenters. The standard InChI is InChI=1S/C13H24FNO/c1-16-11-13(5-2-6-13)10-15-7-3-12(9-14)4-8-15/h12H,2-11H2,1H3. The van der Waals surface area contributed by atoms with E-state index in [-0.39, 0.29) is 6.67 Å². The molecule has 1 aliphatic heterocycles. The lowest BCUT2D eigenvalue weighted by atomic mass is 9.69. The van der Waals surface area contributed by atoms with E-state index < -0.39 is 0 Å². The van der Waals surface area contributed by atoms with E-state index in [1.54, 1.807) is 7.11 Å². The third-order valence-electron chi connectivity index (χ3n) is 4.35. The minimum Gasteiger partial charge on any atom is -0.384 e. The molecular weight excluding hydrogens is 205 g/mol. The van der Waals surface area contributed by atoms with Gasteiger partial charge in [-0.3, -0.25) is 4.39 Å². The van der Waals surface area contributed by atoms with Crippen LogP contribution in [0.25, 0.3) is 0 Å². The van der Waals surface area contributed by atoms with Gasteiger partial charge < -0.3 is 9.64 Å². The molecular formula is C13H24FNO. The minimum atomic E-state index is -0.128. The summed E-state index contributed by atoms with van der Waals surface area (Å²) in [5, 5.41) is 0. The van der Waals surface area contributed by atoms with Gasteiger partial charge in [-0.15, -0.1) is 0 Å². The average Bonchev–Trinajstić information content (AvgIpc) is 2.27. The molecule has 0 atom stereocenters. The van der Waals surface area contributed by atoms with E-state index in [1.807, 2.05) is 0 Å². The van der Waals surface area contributed by atoms with Crippen molar-refractivity contribution < 1.29 is 9.13 Å². The minimum absolute atomic E-state index is 0.128. The maximum atomic E-state index is 12.5. The van der Waals surface area contributed by atoms with Crippen molar-refractivity contribution in [2.75, 3.05) is 40.0 Å². The number of hydrogen-bond acceptors (Lipinski definition) is 2. The fraction of sp³-hybridized carbons (Fsp3) is 1.00. The molecule has 2 rings (SSSR count). The highest BCUT2D eigenvalue weighted by Crippen LogP contribution is 2.42. The first-order chi connectivity index (χ1) is 7.78. The second kappa shape index (κ2) is 5.46. The molecule has 0 amide bonds. The third kappa shape index (κ3) is 2.75. The molecule has 0 spiro atoms. The summed E-state index contributed by atoms with van der Waals surface area (Å²) < 4.78 is 17.8. The lowest BCUT2D eigenvalue weighted by Gasteiger charge is -2.46. The van der Waals surface area contributed by atoms with Gasteiger partial charge in [0, 0.05) is 19.1 Å². The molecule has 1 saturated carbocycles. The number of halogens is 1. The Morgan fingerprint density at radius 2 is 2.00 bits per heavy atom. The SMILES string of the molecule is COCC1(CN2CCC(CF)CC2)CCC1. The Morgan fingerprint density at radius 3 is 2.44 bits per heavy atom. The molecule has 1 saturated heterocycles. The van der Waals surface area contributed by atoms with E-state index >= 15 is 0 Å². The first kappa shape index (κ1) is 12.3. The number of hydrogen-bond donors (Lipinski definition) is 0. The molecule has 16 heavy (non-hydrogen) atoms. The lowest BCUT2D eigenvalue weighted by Crippen LogP contribution is -2.47. The van der Waals surface area contributed by atoms with E-state index in [0.29, 0.717) is 11.3 Å². The quantitative estimate of drug-likeness (QED) is 0.718. The van der Waals surface area contributed by atoms with Gasteiger partial charge in [0.1, 0.15) is 0 Å². The molecule has 2 aliphatic rings.